The van der Waals surface area contributed by atoms with Crippen molar-refractivity contribution in [1.29, 1.82) is 0 Å². The van der Waals surface area contributed by atoms with Gasteiger partial charge in [0.05, 0.1) is 16.9 Å². The van der Waals surface area contributed by atoms with Gasteiger partial charge in [-0.05, 0) is 39.5 Å². The zero-order valence-electron chi connectivity index (χ0n) is 11.2. The van der Waals surface area contributed by atoms with Crippen molar-refractivity contribution >= 4 is 11.7 Å². The summed E-state index contributed by atoms with van der Waals surface area (Å²) in [6, 6.07) is 0.640. The first-order valence-electron chi connectivity index (χ1n) is 5.87. The molecule has 0 saturated carbocycles. The molecular weight excluding hydrogens is 275 g/mol. The number of aryl methyl sites for hydroxylation is 1. The molecule has 1 aromatic rings. The number of rotatable bonds is 5. The van der Waals surface area contributed by atoms with Gasteiger partial charge in [0.25, 0.3) is 0 Å². The Labute approximate surface area is 114 Å². The third-order valence-electron chi connectivity index (χ3n) is 2.66. The number of carboxylic acid groups (broad SMARTS) is 1. The van der Waals surface area contributed by atoms with E-state index in [1.807, 2.05) is 4.90 Å². The Hall–Kier alpha value is -1.83. The number of anilines is 1. The molecule has 0 aliphatic carbocycles. The normalized spacial score (nSPS) is 11.9. The third kappa shape index (κ3) is 4.09. The van der Waals surface area contributed by atoms with Crippen LogP contribution in [0.25, 0.3) is 0 Å². The molecule has 0 saturated heterocycles. The summed E-state index contributed by atoms with van der Waals surface area (Å²) in [5.41, 5.74) is 3.02. The van der Waals surface area contributed by atoms with Crippen LogP contribution in [0.4, 0.5) is 18.9 Å². The molecule has 8 heteroatoms. The Morgan fingerprint density at radius 2 is 2.05 bits per heavy atom. The van der Waals surface area contributed by atoms with E-state index in [0.717, 1.165) is 0 Å². The Balaban J connectivity index is 3.16. The van der Waals surface area contributed by atoms with E-state index in [1.54, 1.807) is 14.1 Å². The van der Waals surface area contributed by atoms with E-state index in [2.05, 4.69) is 4.98 Å². The van der Waals surface area contributed by atoms with Gasteiger partial charge in [-0.2, -0.15) is 13.2 Å². The lowest BCUT2D eigenvalue weighted by atomic mass is 10.1. The fraction of sp³-hybridized carbons (Fsp3) is 0.500. The molecule has 5 nitrogen and oxygen atoms in total. The van der Waals surface area contributed by atoms with Crippen molar-refractivity contribution < 1.29 is 23.1 Å². The van der Waals surface area contributed by atoms with Gasteiger partial charge >= 0.3 is 12.1 Å². The van der Waals surface area contributed by atoms with Crippen LogP contribution in [0.15, 0.2) is 6.07 Å². The van der Waals surface area contributed by atoms with E-state index >= 15 is 0 Å². The van der Waals surface area contributed by atoms with Crippen LogP contribution in [0.5, 0.6) is 0 Å². The first kappa shape index (κ1) is 16.2. The molecule has 0 aliphatic rings. The van der Waals surface area contributed by atoms with E-state index in [-0.39, 0.29) is 12.1 Å². The molecular formula is C12H16F3N3O2. The van der Waals surface area contributed by atoms with E-state index in [9.17, 15) is 18.0 Å². The van der Waals surface area contributed by atoms with Crippen LogP contribution < -0.4 is 5.73 Å². The summed E-state index contributed by atoms with van der Waals surface area (Å²) < 4.78 is 38.7. The summed E-state index contributed by atoms with van der Waals surface area (Å²) in [4.78, 5) is 16.3. The number of nitrogens with two attached hydrogens (primary N) is 1. The van der Waals surface area contributed by atoms with Gasteiger partial charge in [0.15, 0.2) is 5.69 Å². The van der Waals surface area contributed by atoms with Crippen molar-refractivity contribution in [2.45, 2.75) is 19.0 Å². The standard InChI is InChI=1S/C12H16F3N3O2/c1-18(2)5-3-4-9-7(12(13,14)15)6-8(16)10(17-9)11(19)20/h6H,3-5,16H2,1-2H3,(H,19,20). The van der Waals surface area contributed by atoms with E-state index in [4.69, 9.17) is 10.8 Å². The predicted molar refractivity (Wildman–Crippen MR) is 67.5 cm³/mol. The number of halogens is 3. The molecule has 0 fully saturated rings. The number of carbonyl (C=O) groups is 1. The first-order chi connectivity index (χ1) is 9.12. The van der Waals surface area contributed by atoms with Crippen molar-refractivity contribution in [3.8, 4) is 0 Å². The van der Waals surface area contributed by atoms with E-state index < -0.39 is 29.1 Å². The maximum absolute atomic E-state index is 12.9. The molecule has 1 rings (SSSR count). The lowest BCUT2D eigenvalue weighted by Gasteiger charge is -2.15. The highest BCUT2D eigenvalue weighted by atomic mass is 19.4. The smallest absolute Gasteiger partial charge is 0.418 e. The Morgan fingerprint density at radius 3 is 2.50 bits per heavy atom. The number of aromatic nitrogens is 1. The van der Waals surface area contributed by atoms with Gasteiger partial charge in [-0.25, -0.2) is 9.78 Å². The molecule has 0 aromatic carbocycles. The summed E-state index contributed by atoms with van der Waals surface area (Å²) in [5, 5.41) is 8.87. The number of aromatic carboxylic acids is 1. The lowest BCUT2D eigenvalue weighted by Crippen LogP contribution is -2.18. The molecule has 112 valence electrons. The van der Waals surface area contributed by atoms with E-state index in [1.165, 1.54) is 0 Å². The molecule has 0 atom stereocenters. The van der Waals surface area contributed by atoms with Gasteiger partial charge in [-0.15, -0.1) is 0 Å². The predicted octanol–water partition coefficient (Wildman–Crippen LogP) is 1.88. The third-order valence-corrected chi connectivity index (χ3v) is 2.66. The van der Waals surface area contributed by atoms with Crippen LogP contribution in [0.2, 0.25) is 0 Å². The van der Waals surface area contributed by atoms with Crippen molar-refractivity contribution in [3.63, 3.8) is 0 Å². The maximum Gasteiger partial charge on any atom is 0.418 e. The molecule has 0 radical (unpaired) electrons. The molecule has 1 heterocycles. The van der Waals surface area contributed by atoms with Gasteiger partial charge in [0.2, 0.25) is 0 Å². The second-order valence-corrected chi connectivity index (χ2v) is 4.63. The molecule has 0 spiro atoms. The van der Waals surface area contributed by atoms with Crippen LogP contribution in [0.1, 0.15) is 28.2 Å². The minimum absolute atomic E-state index is 0.0353. The van der Waals surface area contributed by atoms with Crippen molar-refractivity contribution in [2.75, 3.05) is 26.4 Å². The van der Waals surface area contributed by atoms with Crippen molar-refractivity contribution in [1.82, 2.24) is 9.88 Å². The summed E-state index contributed by atoms with van der Waals surface area (Å²) in [5.74, 6) is -1.44. The minimum atomic E-state index is -4.61. The number of carboxylic acids is 1. The second-order valence-electron chi connectivity index (χ2n) is 4.63. The quantitative estimate of drug-likeness (QED) is 0.866. The summed E-state index contributed by atoms with van der Waals surface area (Å²) in [6.45, 7) is 0.575. The number of nitrogen functional groups attached to an aromatic ring is 1. The van der Waals surface area contributed by atoms with Crippen LogP contribution in [-0.2, 0) is 12.6 Å². The zero-order valence-corrected chi connectivity index (χ0v) is 11.2. The van der Waals surface area contributed by atoms with Gasteiger partial charge in [0.1, 0.15) is 0 Å². The molecule has 0 amide bonds. The Morgan fingerprint density at radius 1 is 1.45 bits per heavy atom. The molecule has 0 unspecified atom stereocenters. The average molecular weight is 291 g/mol. The number of hydrogen-bond donors (Lipinski definition) is 2. The highest BCUT2D eigenvalue weighted by Gasteiger charge is 2.35. The van der Waals surface area contributed by atoms with Crippen LogP contribution in [0.3, 0.4) is 0 Å². The number of hydrogen-bond acceptors (Lipinski definition) is 4. The first-order valence-corrected chi connectivity index (χ1v) is 5.87. The summed E-state index contributed by atoms with van der Waals surface area (Å²) in [6.07, 6.45) is -4.13. The van der Waals surface area contributed by atoms with Gasteiger partial charge in [-0.3, -0.25) is 0 Å². The molecule has 3 N–H and O–H groups in total. The maximum atomic E-state index is 12.9. The van der Waals surface area contributed by atoms with Crippen LogP contribution in [-0.4, -0.2) is 41.6 Å². The zero-order chi connectivity index (χ0) is 15.5. The molecule has 0 aliphatic heterocycles. The van der Waals surface area contributed by atoms with Crippen LogP contribution in [0, 0.1) is 0 Å². The average Bonchev–Trinajstić information content (AvgIpc) is 2.28. The fourth-order valence-corrected chi connectivity index (χ4v) is 1.74. The summed E-state index contributed by atoms with van der Waals surface area (Å²) >= 11 is 0. The van der Waals surface area contributed by atoms with Gasteiger partial charge < -0.3 is 15.7 Å². The SMILES string of the molecule is CN(C)CCCc1nc(C(=O)O)c(N)cc1C(F)(F)F. The van der Waals surface area contributed by atoms with Crippen molar-refractivity contribution in [3.05, 3.63) is 23.0 Å². The highest BCUT2D eigenvalue weighted by molar-refractivity contribution is 5.91. The molecule has 0 bridgehead atoms. The molecule has 20 heavy (non-hydrogen) atoms. The monoisotopic (exact) mass is 291 g/mol. The topological polar surface area (TPSA) is 79.5 Å². The number of pyridine rings is 1. The Bertz CT molecular complexity index is 501. The lowest BCUT2D eigenvalue weighted by molar-refractivity contribution is -0.138. The number of alkyl halides is 3. The largest absolute Gasteiger partial charge is 0.476 e. The summed E-state index contributed by atoms with van der Waals surface area (Å²) in [7, 11) is 3.59. The van der Waals surface area contributed by atoms with Crippen molar-refractivity contribution in [2.24, 2.45) is 0 Å². The Kier molecular flexibility index (Phi) is 4.93. The highest BCUT2D eigenvalue weighted by Crippen LogP contribution is 2.33. The van der Waals surface area contributed by atoms with Gasteiger partial charge in [0, 0.05) is 0 Å². The second kappa shape index (κ2) is 6.08. The van der Waals surface area contributed by atoms with Gasteiger partial charge in [-0.1, -0.05) is 0 Å². The molecule has 1 aromatic heterocycles. The van der Waals surface area contributed by atoms with E-state index in [0.29, 0.717) is 19.0 Å². The number of nitrogens with zero attached hydrogens (tertiary/aromatic N) is 2. The fourth-order valence-electron chi connectivity index (χ4n) is 1.74. The van der Waals surface area contributed by atoms with Crippen LogP contribution >= 0.6 is 0 Å². The minimum Gasteiger partial charge on any atom is -0.476 e.